The van der Waals surface area contributed by atoms with Crippen LogP contribution in [0.4, 0.5) is 10.1 Å². The number of carbonyl (C=O) groups is 2. The van der Waals surface area contributed by atoms with Crippen LogP contribution in [-0.2, 0) is 21.0 Å². The minimum Gasteiger partial charge on any atom is -0.326 e. The van der Waals surface area contributed by atoms with Crippen LogP contribution in [0.1, 0.15) is 40.2 Å². The SMILES string of the molecule is CC(C)(C)C(=O)Nc1ccc(CN2OCC(C)(C)C2=O)c(F)c1. The summed E-state index contributed by atoms with van der Waals surface area (Å²) in [6.07, 6.45) is 0. The highest BCUT2D eigenvalue weighted by molar-refractivity contribution is 5.94. The number of amides is 2. The van der Waals surface area contributed by atoms with Crippen LogP contribution in [0.15, 0.2) is 18.2 Å². The molecule has 23 heavy (non-hydrogen) atoms. The molecule has 1 aromatic rings. The van der Waals surface area contributed by atoms with Gasteiger partial charge in [0.05, 0.1) is 18.6 Å². The van der Waals surface area contributed by atoms with E-state index in [1.165, 1.54) is 11.1 Å². The average Bonchev–Trinajstić information content (AvgIpc) is 2.67. The summed E-state index contributed by atoms with van der Waals surface area (Å²) >= 11 is 0. The van der Waals surface area contributed by atoms with Crippen LogP contribution in [0.2, 0.25) is 0 Å². The van der Waals surface area contributed by atoms with E-state index < -0.39 is 16.6 Å². The van der Waals surface area contributed by atoms with Gasteiger partial charge in [-0.3, -0.25) is 14.4 Å². The summed E-state index contributed by atoms with van der Waals surface area (Å²) in [5, 5.41) is 3.86. The quantitative estimate of drug-likeness (QED) is 0.930. The van der Waals surface area contributed by atoms with E-state index >= 15 is 0 Å². The largest absolute Gasteiger partial charge is 0.326 e. The standard InChI is InChI=1S/C17H23FN2O3/c1-16(2,3)14(21)19-12-7-6-11(13(18)8-12)9-20-15(22)17(4,5)10-23-20/h6-8H,9-10H2,1-5H3,(H,19,21). The van der Waals surface area contributed by atoms with Crippen molar-refractivity contribution in [2.24, 2.45) is 10.8 Å². The lowest BCUT2D eigenvalue weighted by molar-refractivity contribution is -0.165. The van der Waals surface area contributed by atoms with Gasteiger partial charge in [0.15, 0.2) is 0 Å². The molecule has 1 saturated heterocycles. The zero-order chi connectivity index (χ0) is 17.4. The van der Waals surface area contributed by atoms with Crippen LogP contribution in [0.5, 0.6) is 0 Å². The van der Waals surface area contributed by atoms with Gasteiger partial charge in [-0.05, 0) is 26.0 Å². The molecule has 1 heterocycles. The molecule has 0 radical (unpaired) electrons. The van der Waals surface area contributed by atoms with Crippen LogP contribution in [-0.4, -0.2) is 23.5 Å². The van der Waals surface area contributed by atoms with Crippen molar-refractivity contribution in [3.05, 3.63) is 29.6 Å². The van der Waals surface area contributed by atoms with Gasteiger partial charge in [0.25, 0.3) is 5.91 Å². The first kappa shape index (κ1) is 17.4. The molecule has 0 aromatic heterocycles. The fraction of sp³-hybridized carbons (Fsp3) is 0.529. The molecule has 0 saturated carbocycles. The zero-order valence-corrected chi connectivity index (χ0v) is 14.2. The Kier molecular flexibility index (Phi) is 4.48. The van der Waals surface area contributed by atoms with E-state index in [2.05, 4.69) is 5.32 Å². The monoisotopic (exact) mass is 322 g/mol. The Hall–Kier alpha value is -1.95. The minimum atomic E-state index is -0.586. The summed E-state index contributed by atoms with van der Waals surface area (Å²) < 4.78 is 14.2. The fourth-order valence-electron chi connectivity index (χ4n) is 2.04. The van der Waals surface area contributed by atoms with Crippen molar-refractivity contribution in [2.45, 2.75) is 41.2 Å². The van der Waals surface area contributed by atoms with E-state index in [1.54, 1.807) is 46.8 Å². The molecule has 2 amide bonds. The molecular weight excluding hydrogens is 299 g/mol. The van der Waals surface area contributed by atoms with Crippen molar-refractivity contribution >= 4 is 17.5 Å². The predicted octanol–water partition coefficient (Wildman–Crippen LogP) is 3.11. The third-order valence-electron chi connectivity index (χ3n) is 3.69. The third-order valence-corrected chi connectivity index (χ3v) is 3.69. The van der Waals surface area contributed by atoms with Crippen molar-refractivity contribution in [1.29, 1.82) is 0 Å². The zero-order valence-electron chi connectivity index (χ0n) is 14.2. The van der Waals surface area contributed by atoms with Gasteiger partial charge >= 0.3 is 0 Å². The number of rotatable bonds is 3. The summed E-state index contributed by atoms with van der Waals surface area (Å²) in [4.78, 5) is 29.3. The Morgan fingerprint density at radius 1 is 1.39 bits per heavy atom. The van der Waals surface area contributed by atoms with Gasteiger partial charge < -0.3 is 5.32 Å². The van der Waals surface area contributed by atoms with E-state index in [-0.39, 0.29) is 25.0 Å². The van der Waals surface area contributed by atoms with Gasteiger partial charge in [-0.15, -0.1) is 0 Å². The number of hydrogen-bond donors (Lipinski definition) is 1. The minimum absolute atomic E-state index is 0.0432. The average molecular weight is 322 g/mol. The van der Waals surface area contributed by atoms with Gasteiger partial charge in [-0.1, -0.05) is 26.8 Å². The van der Waals surface area contributed by atoms with Gasteiger partial charge in [-0.2, -0.15) is 0 Å². The highest BCUT2D eigenvalue weighted by Gasteiger charge is 2.40. The van der Waals surface area contributed by atoms with Crippen molar-refractivity contribution < 1.29 is 18.8 Å². The molecule has 6 heteroatoms. The lowest BCUT2D eigenvalue weighted by atomic mass is 9.95. The second kappa shape index (κ2) is 5.92. The van der Waals surface area contributed by atoms with Gasteiger partial charge in [-0.25, -0.2) is 9.45 Å². The Bertz CT molecular complexity index is 635. The molecule has 126 valence electrons. The molecule has 0 spiro atoms. The molecule has 2 rings (SSSR count). The van der Waals surface area contributed by atoms with Crippen molar-refractivity contribution in [3.8, 4) is 0 Å². The number of hydroxylamine groups is 2. The molecule has 0 bridgehead atoms. The normalized spacial score (nSPS) is 17.5. The molecule has 5 nitrogen and oxygen atoms in total. The third kappa shape index (κ3) is 3.88. The molecule has 0 unspecified atom stereocenters. The molecule has 1 aliphatic rings. The number of nitrogens with zero attached hydrogens (tertiary/aromatic N) is 1. The number of halogens is 1. The first-order valence-electron chi connectivity index (χ1n) is 7.55. The summed E-state index contributed by atoms with van der Waals surface area (Å²) in [6.45, 7) is 9.25. The molecule has 1 fully saturated rings. The van der Waals surface area contributed by atoms with Crippen molar-refractivity contribution in [3.63, 3.8) is 0 Å². The molecule has 0 atom stereocenters. The maximum atomic E-state index is 14.2. The second-order valence-electron chi connectivity index (χ2n) is 7.51. The second-order valence-corrected chi connectivity index (χ2v) is 7.51. The molecule has 1 aromatic carbocycles. The van der Waals surface area contributed by atoms with E-state index in [9.17, 15) is 14.0 Å². The number of hydrogen-bond acceptors (Lipinski definition) is 3. The molecule has 0 aliphatic carbocycles. The van der Waals surface area contributed by atoms with Crippen LogP contribution in [0, 0.1) is 16.6 Å². The van der Waals surface area contributed by atoms with Crippen LogP contribution >= 0.6 is 0 Å². The summed E-state index contributed by atoms with van der Waals surface area (Å²) in [5.74, 6) is -0.843. The lowest BCUT2D eigenvalue weighted by Crippen LogP contribution is -2.30. The maximum absolute atomic E-state index is 14.2. The fourth-order valence-corrected chi connectivity index (χ4v) is 2.04. The molecular formula is C17H23FN2O3. The predicted molar refractivity (Wildman–Crippen MR) is 84.8 cm³/mol. The van der Waals surface area contributed by atoms with Crippen LogP contribution in [0.25, 0.3) is 0 Å². The number of carbonyl (C=O) groups excluding carboxylic acids is 2. The lowest BCUT2D eigenvalue weighted by Gasteiger charge is -2.19. The summed E-state index contributed by atoms with van der Waals surface area (Å²) in [6, 6.07) is 4.42. The van der Waals surface area contributed by atoms with E-state index in [0.29, 0.717) is 11.3 Å². The van der Waals surface area contributed by atoms with E-state index in [0.717, 1.165) is 0 Å². The Labute approximate surface area is 135 Å². The molecule has 1 N–H and O–H groups in total. The Morgan fingerprint density at radius 3 is 2.52 bits per heavy atom. The smallest absolute Gasteiger partial charge is 0.254 e. The van der Waals surface area contributed by atoms with Crippen LogP contribution < -0.4 is 5.32 Å². The first-order valence-corrected chi connectivity index (χ1v) is 7.55. The Balaban J connectivity index is 2.09. The van der Waals surface area contributed by atoms with Crippen molar-refractivity contribution in [2.75, 3.05) is 11.9 Å². The molecule has 1 aliphatic heterocycles. The van der Waals surface area contributed by atoms with E-state index in [1.807, 2.05) is 0 Å². The van der Waals surface area contributed by atoms with Crippen molar-refractivity contribution in [1.82, 2.24) is 5.06 Å². The topological polar surface area (TPSA) is 58.6 Å². The van der Waals surface area contributed by atoms with Gasteiger partial charge in [0.1, 0.15) is 5.82 Å². The highest BCUT2D eigenvalue weighted by Crippen LogP contribution is 2.29. The number of nitrogens with one attached hydrogen (secondary N) is 1. The number of anilines is 1. The summed E-state index contributed by atoms with van der Waals surface area (Å²) in [5.41, 5.74) is -0.418. The van der Waals surface area contributed by atoms with Gasteiger partial charge in [0.2, 0.25) is 5.91 Å². The first-order chi connectivity index (χ1) is 10.5. The highest BCUT2D eigenvalue weighted by atomic mass is 19.1. The van der Waals surface area contributed by atoms with E-state index in [4.69, 9.17) is 4.84 Å². The summed E-state index contributed by atoms with van der Waals surface area (Å²) in [7, 11) is 0. The maximum Gasteiger partial charge on any atom is 0.254 e. The Morgan fingerprint density at radius 2 is 2.04 bits per heavy atom. The number of benzene rings is 1. The van der Waals surface area contributed by atoms with Crippen LogP contribution in [0.3, 0.4) is 0 Å². The van der Waals surface area contributed by atoms with Gasteiger partial charge in [0, 0.05) is 16.7 Å².